The van der Waals surface area contributed by atoms with Gasteiger partial charge in [-0.3, -0.25) is 0 Å². The molecular formula is C14H21NO. The molecule has 1 unspecified atom stereocenters. The SMILES string of the molecule is CC1(C)CCCC1(CO)Nc1ccccc1. The molecule has 0 aliphatic heterocycles. The van der Waals surface area contributed by atoms with E-state index < -0.39 is 0 Å². The number of aliphatic hydroxyl groups excluding tert-OH is 1. The van der Waals surface area contributed by atoms with E-state index in [2.05, 4.69) is 31.3 Å². The fourth-order valence-corrected chi connectivity index (χ4v) is 2.77. The topological polar surface area (TPSA) is 32.3 Å². The lowest BCUT2D eigenvalue weighted by atomic mass is 9.75. The van der Waals surface area contributed by atoms with Gasteiger partial charge in [-0.25, -0.2) is 0 Å². The fraction of sp³-hybridized carbons (Fsp3) is 0.571. The van der Waals surface area contributed by atoms with E-state index in [0.29, 0.717) is 0 Å². The predicted octanol–water partition coefficient (Wildman–Crippen LogP) is 3.04. The predicted molar refractivity (Wildman–Crippen MR) is 67.5 cm³/mol. The van der Waals surface area contributed by atoms with Crippen LogP contribution in [0.5, 0.6) is 0 Å². The zero-order valence-electron chi connectivity index (χ0n) is 10.2. The number of hydrogen-bond acceptors (Lipinski definition) is 2. The second-order valence-corrected chi connectivity index (χ2v) is 5.47. The molecule has 0 amide bonds. The van der Waals surface area contributed by atoms with Crippen LogP contribution in [0.25, 0.3) is 0 Å². The Balaban J connectivity index is 2.23. The zero-order chi connectivity index (χ0) is 11.6. The van der Waals surface area contributed by atoms with Crippen molar-refractivity contribution in [1.29, 1.82) is 0 Å². The molecule has 0 aromatic heterocycles. The van der Waals surface area contributed by atoms with Crippen LogP contribution in [0.4, 0.5) is 5.69 Å². The van der Waals surface area contributed by atoms with Crippen molar-refractivity contribution in [2.24, 2.45) is 5.41 Å². The standard InChI is InChI=1S/C14H21NO/c1-13(2)9-6-10-14(13,11-16)15-12-7-4-3-5-8-12/h3-5,7-8,15-16H,6,9-11H2,1-2H3. The number of para-hydroxylation sites is 1. The first-order chi connectivity index (χ1) is 7.60. The average molecular weight is 219 g/mol. The summed E-state index contributed by atoms with van der Waals surface area (Å²) in [5.74, 6) is 0. The molecule has 0 saturated heterocycles. The van der Waals surface area contributed by atoms with Gasteiger partial charge >= 0.3 is 0 Å². The fourth-order valence-electron chi connectivity index (χ4n) is 2.77. The Labute approximate surface area is 97.7 Å². The van der Waals surface area contributed by atoms with Gasteiger partial charge in [0.1, 0.15) is 0 Å². The highest BCUT2D eigenvalue weighted by atomic mass is 16.3. The van der Waals surface area contributed by atoms with Gasteiger partial charge in [-0.2, -0.15) is 0 Å². The minimum Gasteiger partial charge on any atom is -0.394 e. The van der Waals surface area contributed by atoms with Gasteiger partial charge in [0.15, 0.2) is 0 Å². The summed E-state index contributed by atoms with van der Waals surface area (Å²) < 4.78 is 0. The van der Waals surface area contributed by atoms with Crippen molar-refractivity contribution in [3.8, 4) is 0 Å². The summed E-state index contributed by atoms with van der Waals surface area (Å²) in [6.07, 6.45) is 3.41. The van der Waals surface area contributed by atoms with Gasteiger partial charge in [0.05, 0.1) is 12.1 Å². The molecule has 0 bridgehead atoms. The summed E-state index contributed by atoms with van der Waals surface area (Å²) in [7, 11) is 0. The first kappa shape index (κ1) is 11.5. The molecule has 0 heterocycles. The monoisotopic (exact) mass is 219 g/mol. The number of anilines is 1. The Bertz CT molecular complexity index is 347. The summed E-state index contributed by atoms with van der Waals surface area (Å²) >= 11 is 0. The maximum atomic E-state index is 9.75. The van der Waals surface area contributed by atoms with E-state index in [9.17, 15) is 5.11 Å². The molecule has 1 aromatic carbocycles. The van der Waals surface area contributed by atoms with Gasteiger partial charge in [-0.05, 0) is 30.4 Å². The van der Waals surface area contributed by atoms with E-state index in [4.69, 9.17) is 0 Å². The number of aliphatic hydroxyl groups is 1. The highest BCUT2D eigenvalue weighted by Gasteiger charge is 2.48. The number of nitrogens with one attached hydrogen (secondary N) is 1. The van der Waals surface area contributed by atoms with Crippen LogP contribution in [0.3, 0.4) is 0 Å². The van der Waals surface area contributed by atoms with E-state index in [1.807, 2.05) is 18.2 Å². The van der Waals surface area contributed by atoms with Crippen LogP contribution in [0, 0.1) is 5.41 Å². The highest BCUT2D eigenvalue weighted by Crippen LogP contribution is 2.47. The molecule has 1 fully saturated rings. The first-order valence-electron chi connectivity index (χ1n) is 6.04. The molecule has 2 heteroatoms. The number of hydrogen-bond donors (Lipinski definition) is 2. The van der Waals surface area contributed by atoms with Crippen molar-refractivity contribution in [3.63, 3.8) is 0 Å². The lowest BCUT2D eigenvalue weighted by molar-refractivity contribution is 0.128. The average Bonchev–Trinajstić information content (AvgIpc) is 2.56. The third-order valence-corrected chi connectivity index (χ3v) is 4.13. The lowest BCUT2D eigenvalue weighted by Crippen LogP contribution is -2.50. The van der Waals surface area contributed by atoms with Crippen LogP contribution in [0.2, 0.25) is 0 Å². The largest absolute Gasteiger partial charge is 0.394 e. The second-order valence-electron chi connectivity index (χ2n) is 5.47. The van der Waals surface area contributed by atoms with Crippen molar-refractivity contribution >= 4 is 5.69 Å². The Hall–Kier alpha value is -1.02. The molecule has 0 radical (unpaired) electrons. The van der Waals surface area contributed by atoms with E-state index >= 15 is 0 Å². The smallest absolute Gasteiger partial charge is 0.0666 e. The molecule has 0 spiro atoms. The van der Waals surface area contributed by atoms with Crippen molar-refractivity contribution in [2.75, 3.05) is 11.9 Å². The van der Waals surface area contributed by atoms with Gasteiger partial charge in [-0.1, -0.05) is 38.5 Å². The maximum absolute atomic E-state index is 9.75. The molecule has 2 nitrogen and oxygen atoms in total. The Morgan fingerprint density at radius 2 is 1.88 bits per heavy atom. The van der Waals surface area contributed by atoms with Crippen molar-refractivity contribution in [2.45, 2.75) is 38.6 Å². The van der Waals surface area contributed by atoms with Crippen LogP contribution in [-0.4, -0.2) is 17.3 Å². The second kappa shape index (κ2) is 4.10. The lowest BCUT2D eigenvalue weighted by Gasteiger charge is -2.41. The van der Waals surface area contributed by atoms with Crippen LogP contribution in [0.15, 0.2) is 30.3 Å². The molecular weight excluding hydrogens is 198 g/mol. The van der Waals surface area contributed by atoms with Crippen molar-refractivity contribution in [1.82, 2.24) is 0 Å². The molecule has 88 valence electrons. The van der Waals surface area contributed by atoms with Gasteiger partial charge in [0.2, 0.25) is 0 Å². The quantitative estimate of drug-likeness (QED) is 0.819. The third-order valence-electron chi connectivity index (χ3n) is 4.13. The van der Waals surface area contributed by atoms with Gasteiger partial charge in [-0.15, -0.1) is 0 Å². The summed E-state index contributed by atoms with van der Waals surface area (Å²) in [5.41, 5.74) is 1.10. The van der Waals surface area contributed by atoms with E-state index in [-0.39, 0.29) is 17.6 Å². The van der Waals surface area contributed by atoms with E-state index in [0.717, 1.165) is 12.1 Å². The summed E-state index contributed by atoms with van der Waals surface area (Å²) in [4.78, 5) is 0. The first-order valence-corrected chi connectivity index (χ1v) is 6.04. The minimum atomic E-state index is -0.158. The Morgan fingerprint density at radius 3 is 2.38 bits per heavy atom. The van der Waals surface area contributed by atoms with E-state index in [1.165, 1.54) is 12.8 Å². The van der Waals surface area contributed by atoms with Gasteiger partial charge in [0.25, 0.3) is 0 Å². The molecule has 2 rings (SSSR count). The van der Waals surface area contributed by atoms with Gasteiger partial charge in [0, 0.05) is 5.69 Å². The minimum absolute atomic E-state index is 0.150. The summed E-state index contributed by atoms with van der Waals surface area (Å²) in [5, 5.41) is 13.3. The molecule has 2 N–H and O–H groups in total. The summed E-state index contributed by atoms with van der Waals surface area (Å²) in [6.45, 7) is 4.69. The van der Waals surface area contributed by atoms with E-state index in [1.54, 1.807) is 0 Å². The maximum Gasteiger partial charge on any atom is 0.0666 e. The molecule has 16 heavy (non-hydrogen) atoms. The number of benzene rings is 1. The van der Waals surface area contributed by atoms with Crippen molar-refractivity contribution < 1.29 is 5.11 Å². The summed E-state index contributed by atoms with van der Waals surface area (Å²) in [6, 6.07) is 10.2. The normalized spacial score (nSPS) is 27.9. The number of rotatable bonds is 3. The van der Waals surface area contributed by atoms with Crippen LogP contribution < -0.4 is 5.32 Å². The Morgan fingerprint density at radius 1 is 1.19 bits per heavy atom. The Kier molecular flexibility index (Phi) is 2.94. The van der Waals surface area contributed by atoms with Crippen LogP contribution >= 0.6 is 0 Å². The molecule has 1 atom stereocenters. The van der Waals surface area contributed by atoms with Crippen LogP contribution in [0.1, 0.15) is 33.1 Å². The van der Waals surface area contributed by atoms with Crippen molar-refractivity contribution in [3.05, 3.63) is 30.3 Å². The molecule has 1 aliphatic rings. The molecule has 1 aliphatic carbocycles. The highest BCUT2D eigenvalue weighted by molar-refractivity contribution is 5.46. The zero-order valence-corrected chi connectivity index (χ0v) is 10.2. The molecule has 1 saturated carbocycles. The molecule has 1 aromatic rings. The van der Waals surface area contributed by atoms with Gasteiger partial charge < -0.3 is 10.4 Å². The third kappa shape index (κ3) is 1.82. The van der Waals surface area contributed by atoms with Crippen LogP contribution in [-0.2, 0) is 0 Å².